The summed E-state index contributed by atoms with van der Waals surface area (Å²) in [5.74, 6) is -0.856. The molecule has 2 nitrogen and oxygen atoms in total. The minimum absolute atomic E-state index is 0.104. The molecule has 1 N–H and O–H groups in total. The Hall–Kier alpha value is -0.530. The molecule has 0 aliphatic rings. The van der Waals surface area contributed by atoms with Crippen molar-refractivity contribution in [1.29, 1.82) is 0 Å². The van der Waals surface area contributed by atoms with Crippen LogP contribution in [0.3, 0.4) is 0 Å². The Morgan fingerprint density at radius 1 is 1.06 bits per heavy atom. The van der Waals surface area contributed by atoms with Crippen molar-refractivity contribution < 1.29 is 9.90 Å². The zero-order chi connectivity index (χ0) is 14.4. The van der Waals surface area contributed by atoms with Gasteiger partial charge in [0.15, 0.2) is 0 Å². The van der Waals surface area contributed by atoms with Gasteiger partial charge in [0.05, 0.1) is 5.92 Å². The highest BCUT2D eigenvalue weighted by molar-refractivity contribution is 5.71. The third kappa shape index (κ3) is 5.88. The first-order valence-electron chi connectivity index (χ1n) is 7.39. The van der Waals surface area contributed by atoms with Gasteiger partial charge in [-0.05, 0) is 30.1 Å². The Morgan fingerprint density at radius 3 is 2.00 bits per heavy atom. The van der Waals surface area contributed by atoms with Gasteiger partial charge in [0.25, 0.3) is 0 Å². The van der Waals surface area contributed by atoms with E-state index in [1.807, 2.05) is 0 Å². The molecule has 2 heteroatoms. The SMILES string of the molecule is CCCCC(C)(C)C(CC(C)(C)CCC)C(=O)O. The smallest absolute Gasteiger partial charge is 0.307 e. The normalized spacial score (nSPS) is 14.6. The number of carboxylic acids is 1. The standard InChI is InChI=1S/C16H32O2/c1-7-9-11-16(5,6)13(14(17)18)12-15(3,4)10-8-2/h13H,7-12H2,1-6H3,(H,17,18). The molecule has 0 radical (unpaired) electrons. The Morgan fingerprint density at radius 2 is 1.61 bits per heavy atom. The Labute approximate surface area is 113 Å². The van der Waals surface area contributed by atoms with Gasteiger partial charge in [-0.3, -0.25) is 4.79 Å². The van der Waals surface area contributed by atoms with Crippen LogP contribution in [0.2, 0.25) is 0 Å². The molecule has 0 aromatic heterocycles. The fraction of sp³-hybridized carbons (Fsp3) is 0.938. The third-order valence-electron chi connectivity index (χ3n) is 4.10. The van der Waals surface area contributed by atoms with Crippen molar-refractivity contribution in [2.75, 3.05) is 0 Å². The van der Waals surface area contributed by atoms with Crippen LogP contribution in [-0.4, -0.2) is 11.1 Å². The van der Waals surface area contributed by atoms with Gasteiger partial charge in [0.1, 0.15) is 0 Å². The number of rotatable bonds is 9. The van der Waals surface area contributed by atoms with Gasteiger partial charge < -0.3 is 5.11 Å². The van der Waals surface area contributed by atoms with Crippen molar-refractivity contribution in [3.63, 3.8) is 0 Å². The second-order valence-electron chi connectivity index (χ2n) is 7.10. The largest absolute Gasteiger partial charge is 0.481 e. The molecular weight excluding hydrogens is 224 g/mol. The highest BCUT2D eigenvalue weighted by Crippen LogP contribution is 2.41. The molecule has 0 rings (SSSR count). The van der Waals surface area contributed by atoms with E-state index in [1.54, 1.807) is 0 Å². The lowest BCUT2D eigenvalue weighted by atomic mass is 9.67. The quantitative estimate of drug-likeness (QED) is 0.621. The van der Waals surface area contributed by atoms with Crippen LogP contribution in [0.1, 0.15) is 80.1 Å². The zero-order valence-electron chi connectivity index (χ0n) is 13.2. The topological polar surface area (TPSA) is 37.3 Å². The molecular formula is C16H32O2. The van der Waals surface area contributed by atoms with Crippen molar-refractivity contribution >= 4 is 5.97 Å². The summed E-state index contributed by atoms with van der Waals surface area (Å²) < 4.78 is 0. The summed E-state index contributed by atoms with van der Waals surface area (Å²) in [5, 5.41) is 9.54. The van der Waals surface area contributed by atoms with E-state index >= 15 is 0 Å². The van der Waals surface area contributed by atoms with Crippen LogP contribution in [0.5, 0.6) is 0 Å². The van der Waals surface area contributed by atoms with E-state index in [0.717, 1.165) is 38.5 Å². The van der Waals surface area contributed by atoms with Crippen LogP contribution in [0.15, 0.2) is 0 Å². The first-order chi connectivity index (χ1) is 8.16. The maximum absolute atomic E-state index is 11.6. The van der Waals surface area contributed by atoms with Gasteiger partial charge in [-0.15, -0.1) is 0 Å². The fourth-order valence-corrected chi connectivity index (χ4v) is 2.84. The van der Waals surface area contributed by atoms with Crippen molar-refractivity contribution in [2.24, 2.45) is 16.7 Å². The lowest BCUT2D eigenvalue weighted by Crippen LogP contribution is -2.35. The molecule has 0 aromatic rings. The fourth-order valence-electron chi connectivity index (χ4n) is 2.84. The summed E-state index contributed by atoms with van der Waals surface area (Å²) in [4.78, 5) is 11.6. The molecule has 108 valence electrons. The van der Waals surface area contributed by atoms with Crippen molar-refractivity contribution in [3.8, 4) is 0 Å². The predicted octanol–water partition coefficient (Wildman–Crippen LogP) is 5.12. The number of aliphatic carboxylic acids is 1. The highest BCUT2D eigenvalue weighted by atomic mass is 16.4. The second kappa shape index (κ2) is 7.16. The van der Waals surface area contributed by atoms with E-state index in [1.165, 1.54) is 0 Å². The average Bonchev–Trinajstić information content (AvgIpc) is 2.22. The summed E-state index contributed by atoms with van der Waals surface area (Å²) >= 11 is 0. The van der Waals surface area contributed by atoms with E-state index in [9.17, 15) is 9.90 Å². The Balaban J connectivity index is 4.80. The van der Waals surface area contributed by atoms with Gasteiger partial charge in [-0.25, -0.2) is 0 Å². The lowest BCUT2D eigenvalue weighted by Gasteiger charge is -2.37. The molecule has 0 aromatic carbocycles. The predicted molar refractivity (Wildman–Crippen MR) is 77.7 cm³/mol. The molecule has 1 atom stereocenters. The molecule has 0 bridgehead atoms. The van der Waals surface area contributed by atoms with Crippen LogP contribution in [0.4, 0.5) is 0 Å². The van der Waals surface area contributed by atoms with Crippen molar-refractivity contribution in [1.82, 2.24) is 0 Å². The molecule has 0 saturated heterocycles. The third-order valence-corrected chi connectivity index (χ3v) is 4.10. The molecule has 0 amide bonds. The average molecular weight is 256 g/mol. The van der Waals surface area contributed by atoms with Gasteiger partial charge >= 0.3 is 5.97 Å². The van der Waals surface area contributed by atoms with Crippen LogP contribution < -0.4 is 0 Å². The number of carbonyl (C=O) groups is 1. The molecule has 0 aliphatic heterocycles. The summed E-state index contributed by atoms with van der Waals surface area (Å²) in [6, 6.07) is 0. The highest BCUT2D eigenvalue weighted by Gasteiger charge is 2.38. The molecule has 18 heavy (non-hydrogen) atoms. The lowest BCUT2D eigenvalue weighted by molar-refractivity contribution is -0.147. The number of unbranched alkanes of at least 4 members (excludes halogenated alkanes) is 1. The van der Waals surface area contributed by atoms with Gasteiger partial charge in [0.2, 0.25) is 0 Å². The van der Waals surface area contributed by atoms with E-state index in [0.29, 0.717) is 0 Å². The Bertz CT molecular complexity index is 254. The minimum Gasteiger partial charge on any atom is -0.481 e. The van der Waals surface area contributed by atoms with Gasteiger partial charge in [-0.2, -0.15) is 0 Å². The summed E-state index contributed by atoms with van der Waals surface area (Å²) in [7, 11) is 0. The van der Waals surface area contributed by atoms with E-state index in [2.05, 4.69) is 41.5 Å². The Kier molecular flexibility index (Phi) is 6.94. The molecule has 0 aliphatic carbocycles. The zero-order valence-corrected chi connectivity index (χ0v) is 13.2. The summed E-state index contributed by atoms with van der Waals surface area (Å²) in [5.41, 5.74) is 0.0220. The van der Waals surface area contributed by atoms with Crippen LogP contribution in [0, 0.1) is 16.7 Å². The van der Waals surface area contributed by atoms with Crippen molar-refractivity contribution in [3.05, 3.63) is 0 Å². The minimum atomic E-state index is -0.625. The van der Waals surface area contributed by atoms with Gasteiger partial charge in [0, 0.05) is 0 Å². The first kappa shape index (κ1) is 17.5. The maximum Gasteiger partial charge on any atom is 0.307 e. The van der Waals surface area contributed by atoms with E-state index in [-0.39, 0.29) is 16.7 Å². The van der Waals surface area contributed by atoms with Crippen LogP contribution in [-0.2, 0) is 4.79 Å². The molecule has 0 spiro atoms. The van der Waals surface area contributed by atoms with Crippen molar-refractivity contribution in [2.45, 2.75) is 80.1 Å². The number of hydrogen-bond acceptors (Lipinski definition) is 1. The van der Waals surface area contributed by atoms with E-state index in [4.69, 9.17) is 0 Å². The van der Waals surface area contributed by atoms with Crippen LogP contribution in [0.25, 0.3) is 0 Å². The number of carboxylic acid groups (broad SMARTS) is 1. The molecule has 0 fully saturated rings. The molecule has 0 heterocycles. The summed E-state index contributed by atoms with van der Waals surface area (Å²) in [6.07, 6.45) is 6.25. The molecule has 0 saturated carbocycles. The maximum atomic E-state index is 11.6. The molecule has 1 unspecified atom stereocenters. The number of hydrogen-bond donors (Lipinski definition) is 1. The van der Waals surface area contributed by atoms with Gasteiger partial charge in [-0.1, -0.05) is 60.8 Å². The first-order valence-corrected chi connectivity index (χ1v) is 7.39. The van der Waals surface area contributed by atoms with E-state index < -0.39 is 5.97 Å². The second-order valence-corrected chi connectivity index (χ2v) is 7.10. The monoisotopic (exact) mass is 256 g/mol. The van der Waals surface area contributed by atoms with Crippen LogP contribution >= 0.6 is 0 Å². The summed E-state index contributed by atoms with van der Waals surface area (Å²) in [6.45, 7) is 12.9.